The molecule has 0 aliphatic heterocycles. The molecule has 4 heteroatoms. The normalized spacial score (nSPS) is 10.2. The molecule has 0 spiro atoms. The molecule has 0 radical (unpaired) electrons. The zero-order valence-electron chi connectivity index (χ0n) is 14.7. The topological polar surface area (TPSA) is 0 Å². The van der Waals surface area contributed by atoms with Crippen LogP contribution in [0.2, 0.25) is 0 Å². The van der Waals surface area contributed by atoms with Crippen LogP contribution in [0.5, 0.6) is 0 Å². The Morgan fingerprint density at radius 2 is 0.700 bits per heavy atom. The minimum atomic E-state index is 0. The van der Waals surface area contributed by atoms with Crippen molar-refractivity contribution in [2.24, 2.45) is 0 Å². The second kappa shape index (κ2) is 20.9. The Kier molecular flexibility index (Phi) is 31.1. The minimum Gasteiger partial charge on any atom is -1.00 e. The van der Waals surface area contributed by atoms with Crippen molar-refractivity contribution in [3.05, 3.63) is 0 Å². The van der Waals surface area contributed by atoms with E-state index in [1.165, 1.54) is 82.0 Å². The molecule has 0 aliphatic carbocycles. The average molecular weight is 413 g/mol. The molecule has 0 aliphatic rings. The Morgan fingerprint density at radius 3 is 0.850 bits per heavy atom. The Bertz CT molecular complexity index is 131. The zero-order chi connectivity index (χ0) is 13.0. The average Bonchev–Trinajstić information content (AvgIpc) is 2.37. The first-order chi connectivity index (χ1) is 8.24. The van der Waals surface area contributed by atoms with Gasteiger partial charge in [0.05, 0.1) is 26.2 Å². The standard InChI is InChI=1S/C16H36N.Cs.2FH/c1-5-9-13-17(14-10-6-2,15-11-7-3)16-12-8-4;;;/h5-16H2,1-4H3;;2*1H/q2*+1;;/p-2. The van der Waals surface area contributed by atoms with E-state index >= 15 is 0 Å². The predicted octanol–water partition coefficient (Wildman–Crippen LogP) is -3.98. The third-order valence-electron chi connectivity index (χ3n) is 3.94. The summed E-state index contributed by atoms with van der Waals surface area (Å²) in [6, 6.07) is 0. The van der Waals surface area contributed by atoms with Crippen LogP contribution >= 0.6 is 0 Å². The van der Waals surface area contributed by atoms with E-state index in [-0.39, 0.29) is 78.3 Å². The van der Waals surface area contributed by atoms with Crippen molar-refractivity contribution in [3.8, 4) is 0 Å². The van der Waals surface area contributed by atoms with Gasteiger partial charge in [-0.15, -0.1) is 0 Å². The fourth-order valence-corrected chi connectivity index (χ4v) is 2.64. The molecule has 0 aromatic heterocycles. The Morgan fingerprint density at radius 1 is 0.500 bits per heavy atom. The first-order valence-electron chi connectivity index (χ1n) is 8.09. The zero-order valence-corrected chi connectivity index (χ0v) is 21.0. The molecule has 0 aromatic carbocycles. The van der Waals surface area contributed by atoms with Gasteiger partial charge in [-0.3, -0.25) is 0 Å². The van der Waals surface area contributed by atoms with Crippen LogP contribution in [0.25, 0.3) is 0 Å². The summed E-state index contributed by atoms with van der Waals surface area (Å²) in [4.78, 5) is 0. The molecule has 0 unspecified atom stereocenters. The number of hydrogen-bond acceptors (Lipinski definition) is 0. The Hall–Kier alpha value is 1.87. The predicted molar refractivity (Wildman–Crippen MR) is 79.4 cm³/mol. The fraction of sp³-hybridized carbons (Fsp3) is 1.00. The van der Waals surface area contributed by atoms with Gasteiger partial charge in [-0.25, -0.2) is 0 Å². The summed E-state index contributed by atoms with van der Waals surface area (Å²) in [5.74, 6) is 0. The number of quaternary nitrogens is 1. The van der Waals surface area contributed by atoms with Gasteiger partial charge in [0.25, 0.3) is 0 Å². The number of unbranched alkanes of at least 4 members (excludes halogenated alkanes) is 4. The second-order valence-electron chi connectivity index (χ2n) is 5.65. The van der Waals surface area contributed by atoms with Gasteiger partial charge in [0.15, 0.2) is 0 Å². The van der Waals surface area contributed by atoms with Gasteiger partial charge in [0, 0.05) is 0 Å². The molecule has 0 amide bonds. The van der Waals surface area contributed by atoms with E-state index in [2.05, 4.69) is 27.7 Å². The van der Waals surface area contributed by atoms with Crippen LogP contribution in [-0.2, 0) is 0 Å². The van der Waals surface area contributed by atoms with E-state index in [4.69, 9.17) is 0 Å². The molecule has 0 fully saturated rings. The first kappa shape index (κ1) is 29.8. The van der Waals surface area contributed by atoms with Gasteiger partial charge < -0.3 is 13.9 Å². The van der Waals surface area contributed by atoms with E-state index in [1.54, 1.807) is 0 Å². The van der Waals surface area contributed by atoms with Crippen LogP contribution in [0.1, 0.15) is 79.1 Å². The van der Waals surface area contributed by atoms with Gasteiger partial charge in [0.1, 0.15) is 0 Å². The van der Waals surface area contributed by atoms with Gasteiger partial charge in [-0.2, -0.15) is 0 Å². The Labute approximate surface area is 185 Å². The summed E-state index contributed by atoms with van der Waals surface area (Å²) in [6.45, 7) is 15.0. The second-order valence-corrected chi connectivity index (χ2v) is 5.65. The smallest absolute Gasteiger partial charge is 1.00 e. The SMILES string of the molecule is CCCC[N+](CCCC)(CCCC)CCCC.[Cs+].[F-].[F-]. The molecular formula is C16H36CsF2N. The maximum Gasteiger partial charge on any atom is 1.00 e. The van der Waals surface area contributed by atoms with Crippen LogP contribution in [-0.4, -0.2) is 30.7 Å². The third kappa shape index (κ3) is 14.8. The van der Waals surface area contributed by atoms with Crippen LogP contribution in [0.15, 0.2) is 0 Å². The number of halogens is 2. The molecule has 0 heterocycles. The molecule has 0 rings (SSSR count). The molecule has 0 saturated carbocycles. The molecule has 0 saturated heterocycles. The monoisotopic (exact) mass is 413 g/mol. The number of rotatable bonds is 12. The van der Waals surface area contributed by atoms with Crippen molar-refractivity contribution in [1.29, 1.82) is 0 Å². The van der Waals surface area contributed by atoms with Crippen molar-refractivity contribution < 1.29 is 82.8 Å². The summed E-state index contributed by atoms with van der Waals surface area (Å²) in [5, 5.41) is 0. The molecule has 20 heavy (non-hydrogen) atoms. The number of hydrogen-bond donors (Lipinski definition) is 0. The van der Waals surface area contributed by atoms with Crippen molar-refractivity contribution in [1.82, 2.24) is 0 Å². The largest absolute Gasteiger partial charge is 1.00 e. The minimum absolute atomic E-state index is 0. The summed E-state index contributed by atoms with van der Waals surface area (Å²) in [5.41, 5.74) is 0. The molecular weight excluding hydrogens is 377 g/mol. The van der Waals surface area contributed by atoms with E-state index in [9.17, 15) is 0 Å². The van der Waals surface area contributed by atoms with Gasteiger partial charge in [-0.05, 0) is 25.7 Å². The van der Waals surface area contributed by atoms with Crippen LogP contribution in [0.4, 0.5) is 0 Å². The van der Waals surface area contributed by atoms with E-state index in [0.717, 1.165) is 0 Å². The third-order valence-corrected chi connectivity index (χ3v) is 3.94. The summed E-state index contributed by atoms with van der Waals surface area (Å²) in [7, 11) is 0. The van der Waals surface area contributed by atoms with E-state index in [1.807, 2.05) is 0 Å². The van der Waals surface area contributed by atoms with Gasteiger partial charge >= 0.3 is 68.9 Å². The van der Waals surface area contributed by atoms with Crippen LogP contribution in [0.3, 0.4) is 0 Å². The molecule has 0 bridgehead atoms. The number of nitrogens with zero attached hydrogens (tertiary/aromatic N) is 1. The van der Waals surface area contributed by atoms with Gasteiger partial charge in [-0.1, -0.05) is 53.4 Å². The van der Waals surface area contributed by atoms with Crippen molar-refractivity contribution >= 4 is 0 Å². The van der Waals surface area contributed by atoms with E-state index < -0.39 is 0 Å². The molecule has 0 N–H and O–H groups in total. The summed E-state index contributed by atoms with van der Waals surface area (Å²) < 4.78 is 1.42. The van der Waals surface area contributed by atoms with Crippen LogP contribution in [0, 0.1) is 0 Å². The maximum absolute atomic E-state index is 2.33. The van der Waals surface area contributed by atoms with Gasteiger partial charge in [0.2, 0.25) is 0 Å². The summed E-state index contributed by atoms with van der Waals surface area (Å²) >= 11 is 0. The van der Waals surface area contributed by atoms with E-state index in [0.29, 0.717) is 0 Å². The molecule has 0 aromatic rings. The Balaban J connectivity index is -0.000000427. The maximum atomic E-state index is 2.33. The quantitative estimate of drug-likeness (QED) is 0.287. The fourth-order valence-electron chi connectivity index (χ4n) is 2.64. The van der Waals surface area contributed by atoms with Crippen LogP contribution < -0.4 is 78.3 Å². The first-order valence-corrected chi connectivity index (χ1v) is 8.09. The molecule has 1 nitrogen and oxygen atoms in total. The molecule has 120 valence electrons. The van der Waals surface area contributed by atoms with Crippen molar-refractivity contribution in [3.63, 3.8) is 0 Å². The van der Waals surface area contributed by atoms with Crippen molar-refractivity contribution in [2.75, 3.05) is 26.2 Å². The summed E-state index contributed by atoms with van der Waals surface area (Å²) in [6.07, 6.45) is 11.1. The van der Waals surface area contributed by atoms with Crippen molar-refractivity contribution in [2.45, 2.75) is 79.1 Å². The molecule has 0 atom stereocenters.